The predicted octanol–water partition coefficient (Wildman–Crippen LogP) is 4.23. The van der Waals surface area contributed by atoms with Crippen LogP contribution < -0.4 is 0 Å². The van der Waals surface area contributed by atoms with Crippen molar-refractivity contribution in [3.8, 4) is 17.1 Å². The van der Waals surface area contributed by atoms with Crippen molar-refractivity contribution in [2.45, 2.75) is 13.5 Å². The van der Waals surface area contributed by atoms with Gasteiger partial charge in [-0.1, -0.05) is 29.8 Å². The summed E-state index contributed by atoms with van der Waals surface area (Å²) in [6.07, 6.45) is 1.62. The molecule has 0 unspecified atom stereocenters. The fraction of sp³-hybridized carbons (Fsp3) is 0.150. The lowest BCUT2D eigenvalue weighted by Gasteiger charge is -2.18. The number of rotatable bonds is 4. The van der Waals surface area contributed by atoms with Crippen molar-refractivity contribution < 1.29 is 14.3 Å². The van der Waals surface area contributed by atoms with Crippen molar-refractivity contribution >= 4 is 5.91 Å². The summed E-state index contributed by atoms with van der Waals surface area (Å²) < 4.78 is 5.35. The van der Waals surface area contributed by atoms with Crippen molar-refractivity contribution in [1.29, 1.82) is 0 Å². The van der Waals surface area contributed by atoms with E-state index in [1.54, 1.807) is 36.4 Å². The van der Waals surface area contributed by atoms with Crippen LogP contribution in [0.25, 0.3) is 11.3 Å². The minimum absolute atomic E-state index is 0.0955. The number of furan rings is 1. The number of carbonyl (C=O) groups is 1. The topological polar surface area (TPSA) is 53.7 Å². The van der Waals surface area contributed by atoms with E-state index in [2.05, 4.69) is 0 Å². The minimum atomic E-state index is -0.0955. The molecular weight excluding hydrogens is 302 g/mol. The number of hydrogen-bond donors (Lipinski definition) is 1. The second-order valence-electron chi connectivity index (χ2n) is 5.85. The Labute approximate surface area is 141 Å². The van der Waals surface area contributed by atoms with Crippen LogP contribution in [-0.2, 0) is 6.54 Å². The Morgan fingerprint density at radius 2 is 1.88 bits per heavy atom. The number of hydrogen-bond acceptors (Lipinski definition) is 3. The summed E-state index contributed by atoms with van der Waals surface area (Å²) in [5.41, 5.74) is 3.31. The third-order valence-corrected chi connectivity index (χ3v) is 3.93. The van der Waals surface area contributed by atoms with E-state index < -0.39 is 0 Å². The molecule has 1 aromatic heterocycles. The highest BCUT2D eigenvalue weighted by Gasteiger charge is 2.14. The van der Waals surface area contributed by atoms with Crippen LogP contribution in [0.1, 0.15) is 21.5 Å². The molecule has 0 aliphatic carbocycles. The van der Waals surface area contributed by atoms with Gasteiger partial charge in [-0.2, -0.15) is 0 Å². The van der Waals surface area contributed by atoms with E-state index in [1.807, 2.05) is 43.3 Å². The average Bonchev–Trinajstić information content (AvgIpc) is 3.12. The Morgan fingerprint density at radius 3 is 2.54 bits per heavy atom. The number of benzene rings is 2. The minimum Gasteiger partial charge on any atom is -0.508 e. The molecule has 1 N–H and O–H groups in total. The lowest BCUT2D eigenvalue weighted by atomic mass is 10.1. The van der Waals surface area contributed by atoms with Gasteiger partial charge in [-0.25, -0.2) is 0 Å². The zero-order chi connectivity index (χ0) is 17.1. The van der Waals surface area contributed by atoms with Crippen LogP contribution in [0.3, 0.4) is 0 Å². The van der Waals surface area contributed by atoms with E-state index in [4.69, 9.17) is 4.42 Å². The molecule has 3 rings (SSSR count). The van der Waals surface area contributed by atoms with E-state index in [-0.39, 0.29) is 11.7 Å². The van der Waals surface area contributed by atoms with Gasteiger partial charge in [-0.05, 0) is 37.3 Å². The molecule has 0 fully saturated rings. The highest BCUT2D eigenvalue weighted by Crippen LogP contribution is 2.22. The van der Waals surface area contributed by atoms with E-state index in [0.717, 1.165) is 22.5 Å². The summed E-state index contributed by atoms with van der Waals surface area (Å²) in [5.74, 6) is 0.877. The lowest BCUT2D eigenvalue weighted by molar-refractivity contribution is 0.0784. The van der Waals surface area contributed by atoms with Gasteiger partial charge in [0, 0.05) is 30.3 Å². The maximum atomic E-state index is 12.6. The second-order valence-corrected chi connectivity index (χ2v) is 5.85. The van der Waals surface area contributed by atoms with Crippen LogP contribution in [0.2, 0.25) is 0 Å². The maximum Gasteiger partial charge on any atom is 0.253 e. The van der Waals surface area contributed by atoms with Crippen LogP contribution >= 0.6 is 0 Å². The van der Waals surface area contributed by atoms with Gasteiger partial charge in [0.15, 0.2) is 0 Å². The molecule has 4 heteroatoms. The molecule has 1 amide bonds. The van der Waals surface area contributed by atoms with E-state index >= 15 is 0 Å². The Balaban J connectivity index is 1.74. The molecular formula is C20H19NO3. The first-order valence-electron chi connectivity index (χ1n) is 7.72. The molecule has 0 bridgehead atoms. The zero-order valence-electron chi connectivity index (χ0n) is 13.7. The van der Waals surface area contributed by atoms with Crippen molar-refractivity contribution in [3.63, 3.8) is 0 Å². The summed E-state index contributed by atoms with van der Waals surface area (Å²) in [7, 11) is 1.73. The number of nitrogens with zero attached hydrogens (tertiary/aromatic N) is 1. The SMILES string of the molecule is Cc1ccc(O)c(CN(C)C(=O)c2ccc(-c3ccco3)cc2)c1. The van der Waals surface area contributed by atoms with Gasteiger partial charge in [0.2, 0.25) is 0 Å². The van der Waals surface area contributed by atoms with Crippen molar-refractivity contribution in [2.75, 3.05) is 7.05 Å². The smallest absolute Gasteiger partial charge is 0.253 e. The van der Waals surface area contributed by atoms with Crippen LogP contribution in [0.4, 0.5) is 0 Å². The van der Waals surface area contributed by atoms with Crippen LogP contribution in [0.5, 0.6) is 5.75 Å². The molecule has 0 atom stereocenters. The number of phenols is 1. The number of aryl methyl sites for hydroxylation is 1. The molecule has 0 aliphatic heterocycles. The Kier molecular flexibility index (Phi) is 4.38. The fourth-order valence-electron chi connectivity index (χ4n) is 2.61. The van der Waals surface area contributed by atoms with Gasteiger partial charge in [0.25, 0.3) is 5.91 Å². The third kappa shape index (κ3) is 3.33. The monoisotopic (exact) mass is 321 g/mol. The van der Waals surface area contributed by atoms with Gasteiger partial charge in [-0.3, -0.25) is 4.79 Å². The number of phenolic OH excluding ortho intramolecular Hbond substituents is 1. The van der Waals surface area contributed by atoms with Gasteiger partial charge in [0.05, 0.1) is 6.26 Å². The van der Waals surface area contributed by atoms with Gasteiger partial charge in [0.1, 0.15) is 11.5 Å². The maximum absolute atomic E-state index is 12.6. The molecule has 3 aromatic rings. The van der Waals surface area contributed by atoms with E-state index in [9.17, 15) is 9.90 Å². The number of carbonyl (C=O) groups excluding carboxylic acids is 1. The Morgan fingerprint density at radius 1 is 1.12 bits per heavy atom. The largest absolute Gasteiger partial charge is 0.508 e. The first-order chi connectivity index (χ1) is 11.5. The second kappa shape index (κ2) is 6.62. The molecule has 0 saturated heterocycles. The molecule has 24 heavy (non-hydrogen) atoms. The summed E-state index contributed by atoms with van der Waals surface area (Å²) in [4.78, 5) is 14.2. The first-order valence-corrected chi connectivity index (χ1v) is 7.72. The van der Waals surface area contributed by atoms with Gasteiger partial charge in [-0.15, -0.1) is 0 Å². The normalized spacial score (nSPS) is 10.6. The third-order valence-electron chi connectivity index (χ3n) is 3.93. The Hall–Kier alpha value is -3.01. The average molecular weight is 321 g/mol. The first kappa shape index (κ1) is 15.9. The standard InChI is InChI=1S/C20H19NO3/c1-14-5-10-18(22)17(12-14)13-21(2)20(23)16-8-6-15(7-9-16)19-4-3-11-24-19/h3-12,22H,13H2,1-2H3. The van der Waals surface area contributed by atoms with Crippen LogP contribution in [0.15, 0.2) is 65.3 Å². The summed E-state index contributed by atoms with van der Waals surface area (Å²) in [5, 5.41) is 9.93. The van der Waals surface area contributed by atoms with Crippen LogP contribution in [-0.4, -0.2) is 23.0 Å². The Bertz CT molecular complexity index is 836. The quantitative estimate of drug-likeness (QED) is 0.782. The number of aromatic hydroxyl groups is 1. The molecule has 0 spiro atoms. The molecule has 2 aromatic carbocycles. The number of amides is 1. The molecule has 1 heterocycles. The van der Waals surface area contributed by atoms with E-state index in [0.29, 0.717) is 12.1 Å². The van der Waals surface area contributed by atoms with Crippen molar-refractivity contribution in [2.24, 2.45) is 0 Å². The molecule has 122 valence electrons. The predicted molar refractivity (Wildman–Crippen MR) is 92.8 cm³/mol. The fourth-order valence-corrected chi connectivity index (χ4v) is 2.61. The van der Waals surface area contributed by atoms with Gasteiger partial charge < -0.3 is 14.4 Å². The summed E-state index contributed by atoms with van der Waals surface area (Å²) >= 11 is 0. The zero-order valence-corrected chi connectivity index (χ0v) is 13.7. The van der Waals surface area contributed by atoms with Gasteiger partial charge >= 0.3 is 0 Å². The molecule has 0 aliphatic rings. The molecule has 0 saturated carbocycles. The summed E-state index contributed by atoms with van der Waals surface area (Å²) in [6, 6.07) is 16.4. The van der Waals surface area contributed by atoms with Crippen molar-refractivity contribution in [3.05, 3.63) is 77.6 Å². The van der Waals surface area contributed by atoms with E-state index in [1.165, 1.54) is 0 Å². The van der Waals surface area contributed by atoms with Crippen molar-refractivity contribution in [1.82, 2.24) is 4.90 Å². The summed E-state index contributed by atoms with van der Waals surface area (Å²) in [6.45, 7) is 2.31. The highest BCUT2D eigenvalue weighted by molar-refractivity contribution is 5.94. The lowest BCUT2D eigenvalue weighted by Crippen LogP contribution is -2.26. The highest BCUT2D eigenvalue weighted by atomic mass is 16.3. The molecule has 0 radical (unpaired) electrons. The molecule has 4 nitrogen and oxygen atoms in total. The van der Waals surface area contributed by atoms with Crippen LogP contribution in [0, 0.1) is 6.92 Å².